The van der Waals surface area contributed by atoms with E-state index in [-0.39, 0.29) is 11.3 Å². The molecule has 0 radical (unpaired) electrons. The Bertz CT molecular complexity index is 723. The Kier molecular flexibility index (Phi) is 1.83. The monoisotopic (exact) mass is 224 g/mol. The summed E-state index contributed by atoms with van der Waals surface area (Å²) in [6.45, 7) is 0. The van der Waals surface area contributed by atoms with E-state index < -0.39 is 5.63 Å². The van der Waals surface area contributed by atoms with Gasteiger partial charge in [-0.25, -0.2) is 4.79 Å². The predicted molar refractivity (Wildman–Crippen MR) is 62.3 cm³/mol. The number of fused-ring (bicyclic) bond motifs is 3. The van der Waals surface area contributed by atoms with Crippen molar-refractivity contribution in [2.45, 2.75) is 6.42 Å². The summed E-state index contributed by atoms with van der Waals surface area (Å²) in [5, 5.41) is 8.86. The van der Waals surface area contributed by atoms with Gasteiger partial charge in [-0.15, -0.1) is 0 Å². The lowest BCUT2D eigenvalue weighted by Crippen LogP contribution is -2.10. The Morgan fingerprint density at radius 1 is 1.35 bits per heavy atom. The molecule has 4 nitrogen and oxygen atoms in total. The van der Waals surface area contributed by atoms with Crippen LogP contribution in [0.15, 0.2) is 33.5 Å². The fraction of sp³-hybridized carbons (Fsp3) is 0.0769. The van der Waals surface area contributed by atoms with Gasteiger partial charge in [0.05, 0.1) is 5.69 Å². The molecule has 0 unspecified atom stereocenters. The lowest BCUT2D eigenvalue weighted by molar-refractivity contribution is 0.523. The fourth-order valence-corrected chi connectivity index (χ4v) is 2.17. The van der Waals surface area contributed by atoms with Crippen LogP contribution in [0.1, 0.15) is 16.7 Å². The lowest BCUT2D eigenvalue weighted by atomic mass is 10.1. The molecule has 0 amide bonds. The summed E-state index contributed by atoms with van der Waals surface area (Å²) in [5.74, 6) is 0.502. The maximum Gasteiger partial charge on any atom is 0.356 e. The molecule has 1 aromatic heterocycles. The van der Waals surface area contributed by atoms with Crippen molar-refractivity contribution in [3.63, 3.8) is 0 Å². The Labute approximate surface area is 96.9 Å². The van der Waals surface area contributed by atoms with Gasteiger partial charge in [0.1, 0.15) is 11.8 Å². The van der Waals surface area contributed by atoms with Gasteiger partial charge < -0.3 is 10.2 Å². The Morgan fingerprint density at radius 2 is 2.12 bits per heavy atom. The first-order valence-corrected chi connectivity index (χ1v) is 5.16. The molecule has 2 N–H and O–H groups in total. The third-order valence-corrected chi connectivity index (χ3v) is 3.01. The highest BCUT2D eigenvalue weighted by Gasteiger charge is 2.26. The number of nitriles is 1. The number of hydrogen-bond acceptors (Lipinski definition) is 4. The number of nitrogen functional groups attached to an aromatic ring is 1. The zero-order valence-electron chi connectivity index (χ0n) is 8.86. The van der Waals surface area contributed by atoms with Crippen LogP contribution in [-0.2, 0) is 6.42 Å². The van der Waals surface area contributed by atoms with Crippen LogP contribution in [0.2, 0.25) is 0 Å². The minimum Gasteiger partial charge on any atom is -0.421 e. The number of nitrogens with zero attached hydrogens (tertiary/aromatic N) is 1. The molecule has 1 aromatic carbocycles. The largest absolute Gasteiger partial charge is 0.421 e. The summed E-state index contributed by atoms with van der Waals surface area (Å²) in [6, 6.07) is 9.43. The highest BCUT2D eigenvalue weighted by molar-refractivity contribution is 5.78. The predicted octanol–water partition coefficient (Wildman–Crippen LogP) is 1.66. The molecule has 0 saturated heterocycles. The standard InChI is InChI=1S/C13H8N2O2/c14-6-10-11(15)9-5-7-3-1-2-4-8(7)12(9)17-13(10)16/h1-4H,5,15H2. The van der Waals surface area contributed by atoms with Crippen molar-refractivity contribution < 1.29 is 4.42 Å². The second kappa shape index (κ2) is 3.22. The third-order valence-electron chi connectivity index (χ3n) is 3.01. The highest BCUT2D eigenvalue weighted by Crippen LogP contribution is 2.38. The first kappa shape index (κ1) is 9.67. The molecule has 0 atom stereocenters. The van der Waals surface area contributed by atoms with Crippen molar-refractivity contribution in [3.05, 3.63) is 51.4 Å². The first-order valence-electron chi connectivity index (χ1n) is 5.16. The zero-order valence-corrected chi connectivity index (χ0v) is 8.86. The van der Waals surface area contributed by atoms with E-state index in [1.807, 2.05) is 24.3 Å². The summed E-state index contributed by atoms with van der Waals surface area (Å²) in [7, 11) is 0. The third kappa shape index (κ3) is 1.20. The smallest absolute Gasteiger partial charge is 0.356 e. The van der Waals surface area contributed by atoms with Crippen LogP contribution in [-0.4, -0.2) is 0 Å². The van der Waals surface area contributed by atoms with E-state index in [2.05, 4.69) is 0 Å². The van der Waals surface area contributed by atoms with Crippen LogP contribution in [0.25, 0.3) is 11.3 Å². The van der Waals surface area contributed by atoms with E-state index in [0.29, 0.717) is 12.2 Å². The molecule has 1 heterocycles. The van der Waals surface area contributed by atoms with Gasteiger partial charge in [0.25, 0.3) is 0 Å². The van der Waals surface area contributed by atoms with Crippen LogP contribution in [0, 0.1) is 11.3 Å². The van der Waals surface area contributed by atoms with Crippen LogP contribution < -0.4 is 11.4 Å². The molecule has 3 rings (SSSR count). The Balaban J connectivity index is 2.38. The molecular weight excluding hydrogens is 216 g/mol. The van der Waals surface area contributed by atoms with Gasteiger partial charge in [0.15, 0.2) is 5.56 Å². The summed E-state index contributed by atoms with van der Waals surface area (Å²) in [4.78, 5) is 11.6. The minimum absolute atomic E-state index is 0.100. The number of nitrogens with two attached hydrogens (primary N) is 1. The summed E-state index contributed by atoms with van der Waals surface area (Å²) in [6.07, 6.45) is 0.607. The van der Waals surface area contributed by atoms with Crippen LogP contribution in [0.3, 0.4) is 0 Å². The molecule has 82 valence electrons. The summed E-state index contributed by atoms with van der Waals surface area (Å²) in [5.41, 5.74) is 8.01. The van der Waals surface area contributed by atoms with E-state index >= 15 is 0 Å². The maximum absolute atomic E-state index is 11.6. The van der Waals surface area contributed by atoms with Gasteiger partial charge >= 0.3 is 5.63 Å². The average molecular weight is 224 g/mol. The van der Waals surface area contributed by atoms with E-state index in [1.54, 1.807) is 6.07 Å². The molecule has 1 aliphatic carbocycles. The molecule has 0 fully saturated rings. The number of benzene rings is 1. The van der Waals surface area contributed by atoms with Crippen molar-refractivity contribution in [1.82, 2.24) is 0 Å². The lowest BCUT2D eigenvalue weighted by Gasteiger charge is -2.03. The molecule has 4 heteroatoms. The van der Waals surface area contributed by atoms with Crippen LogP contribution in [0.5, 0.6) is 0 Å². The van der Waals surface area contributed by atoms with Crippen molar-refractivity contribution in [1.29, 1.82) is 5.26 Å². The Hall–Kier alpha value is -2.54. The van der Waals surface area contributed by atoms with Crippen molar-refractivity contribution >= 4 is 5.69 Å². The van der Waals surface area contributed by atoms with Gasteiger partial charge in [-0.1, -0.05) is 24.3 Å². The molecule has 1 aliphatic rings. The van der Waals surface area contributed by atoms with Gasteiger partial charge in [-0.05, 0) is 5.56 Å². The molecule has 2 aromatic rings. The fourth-order valence-electron chi connectivity index (χ4n) is 2.17. The molecule has 0 spiro atoms. The van der Waals surface area contributed by atoms with Gasteiger partial charge in [0, 0.05) is 17.5 Å². The SMILES string of the molecule is N#Cc1c(N)c2c(oc1=O)-c1ccccc1C2. The number of hydrogen-bond donors (Lipinski definition) is 1. The molecular formula is C13H8N2O2. The molecule has 0 saturated carbocycles. The minimum atomic E-state index is -0.666. The second-order valence-electron chi connectivity index (χ2n) is 3.93. The second-order valence-corrected chi connectivity index (χ2v) is 3.93. The van der Waals surface area contributed by atoms with Gasteiger partial charge in [-0.2, -0.15) is 5.26 Å². The van der Waals surface area contributed by atoms with E-state index in [4.69, 9.17) is 15.4 Å². The zero-order chi connectivity index (χ0) is 12.0. The van der Waals surface area contributed by atoms with E-state index in [9.17, 15) is 4.79 Å². The topological polar surface area (TPSA) is 80.0 Å². The number of anilines is 1. The summed E-state index contributed by atoms with van der Waals surface area (Å²) < 4.78 is 5.19. The molecule has 0 bridgehead atoms. The van der Waals surface area contributed by atoms with Crippen LogP contribution >= 0.6 is 0 Å². The van der Waals surface area contributed by atoms with Crippen LogP contribution in [0.4, 0.5) is 5.69 Å². The van der Waals surface area contributed by atoms with Crippen molar-refractivity contribution in [2.24, 2.45) is 0 Å². The average Bonchev–Trinajstić information content (AvgIpc) is 2.69. The van der Waals surface area contributed by atoms with Gasteiger partial charge in [-0.3, -0.25) is 0 Å². The number of rotatable bonds is 0. The maximum atomic E-state index is 11.6. The molecule has 0 aliphatic heterocycles. The summed E-state index contributed by atoms with van der Waals surface area (Å²) >= 11 is 0. The van der Waals surface area contributed by atoms with Crippen molar-refractivity contribution in [2.75, 3.05) is 5.73 Å². The Morgan fingerprint density at radius 3 is 2.88 bits per heavy atom. The van der Waals surface area contributed by atoms with E-state index in [0.717, 1.165) is 16.7 Å². The van der Waals surface area contributed by atoms with Gasteiger partial charge in [0.2, 0.25) is 0 Å². The van der Waals surface area contributed by atoms with E-state index in [1.165, 1.54) is 0 Å². The highest BCUT2D eigenvalue weighted by atomic mass is 16.4. The normalized spacial score (nSPS) is 11.7. The first-order chi connectivity index (χ1) is 8.22. The quantitative estimate of drug-likeness (QED) is 0.629. The molecule has 17 heavy (non-hydrogen) atoms. The van der Waals surface area contributed by atoms with Crippen molar-refractivity contribution in [3.8, 4) is 17.4 Å².